The molecule has 0 aromatic heterocycles. The van der Waals surface area contributed by atoms with Crippen LogP contribution in [0.5, 0.6) is 0 Å². The maximum absolute atomic E-state index is 6.23. The zero-order valence-corrected chi connectivity index (χ0v) is 11.4. The third-order valence-corrected chi connectivity index (χ3v) is 3.88. The van der Waals surface area contributed by atoms with Gasteiger partial charge in [-0.3, -0.25) is 0 Å². The van der Waals surface area contributed by atoms with E-state index < -0.39 is 0 Å². The number of benzene rings is 1. The summed E-state index contributed by atoms with van der Waals surface area (Å²) >= 11 is 0. The highest BCUT2D eigenvalue weighted by Gasteiger charge is 2.15. The lowest BCUT2D eigenvalue weighted by Crippen LogP contribution is -2.12. The number of rotatable bonds is 6. The Morgan fingerprint density at radius 2 is 2.11 bits per heavy atom. The topological polar surface area (TPSA) is 35.2 Å². The normalized spacial score (nSPS) is 21.1. The van der Waals surface area contributed by atoms with Crippen molar-refractivity contribution in [3.05, 3.63) is 35.4 Å². The van der Waals surface area contributed by atoms with Crippen molar-refractivity contribution in [2.45, 2.75) is 57.6 Å². The molecule has 2 nitrogen and oxygen atoms in total. The second-order valence-electron chi connectivity index (χ2n) is 5.27. The van der Waals surface area contributed by atoms with Gasteiger partial charge in [-0.15, -0.1) is 0 Å². The molecular formula is C16H25NO. The van der Waals surface area contributed by atoms with Gasteiger partial charge in [0.15, 0.2) is 0 Å². The predicted octanol–water partition coefficient (Wildman–Crippen LogP) is 3.60. The number of nitrogens with two attached hydrogens (primary N) is 1. The molecule has 1 aliphatic heterocycles. The first-order chi connectivity index (χ1) is 8.79. The summed E-state index contributed by atoms with van der Waals surface area (Å²) in [6.07, 6.45) is 7.46. The monoisotopic (exact) mass is 247 g/mol. The minimum absolute atomic E-state index is 0.178. The molecule has 0 spiro atoms. The van der Waals surface area contributed by atoms with Crippen LogP contribution in [0, 0.1) is 0 Å². The van der Waals surface area contributed by atoms with Crippen LogP contribution in [0.1, 0.15) is 56.2 Å². The maximum Gasteiger partial charge on any atom is 0.0576 e. The van der Waals surface area contributed by atoms with Crippen molar-refractivity contribution in [2.24, 2.45) is 5.73 Å². The Morgan fingerprint density at radius 1 is 1.33 bits per heavy atom. The van der Waals surface area contributed by atoms with Crippen LogP contribution in [0.15, 0.2) is 24.3 Å². The van der Waals surface area contributed by atoms with Gasteiger partial charge in [0, 0.05) is 12.6 Å². The lowest BCUT2D eigenvalue weighted by molar-refractivity contribution is 0.101. The summed E-state index contributed by atoms with van der Waals surface area (Å²) in [7, 11) is 0. The van der Waals surface area contributed by atoms with E-state index in [-0.39, 0.29) is 6.04 Å². The third-order valence-electron chi connectivity index (χ3n) is 3.88. The van der Waals surface area contributed by atoms with Crippen molar-refractivity contribution in [1.82, 2.24) is 0 Å². The van der Waals surface area contributed by atoms with Crippen LogP contribution in [-0.2, 0) is 11.2 Å². The van der Waals surface area contributed by atoms with Crippen molar-refractivity contribution < 1.29 is 4.74 Å². The van der Waals surface area contributed by atoms with Gasteiger partial charge in [-0.2, -0.15) is 0 Å². The van der Waals surface area contributed by atoms with E-state index in [1.807, 2.05) is 0 Å². The van der Waals surface area contributed by atoms with Crippen LogP contribution in [0.4, 0.5) is 0 Å². The molecule has 2 heteroatoms. The molecule has 18 heavy (non-hydrogen) atoms. The Kier molecular flexibility index (Phi) is 5.21. The molecule has 100 valence electrons. The molecule has 1 fully saturated rings. The first kappa shape index (κ1) is 13.6. The molecule has 1 aliphatic rings. The summed E-state index contributed by atoms with van der Waals surface area (Å²) in [5, 5.41) is 0. The summed E-state index contributed by atoms with van der Waals surface area (Å²) < 4.78 is 5.63. The molecule has 2 N–H and O–H groups in total. The van der Waals surface area contributed by atoms with Gasteiger partial charge < -0.3 is 10.5 Å². The van der Waals surface area contributed by atoms with Crippen molar-refractivity contribution in [1.29, 1.82) is 0 Å². The Bertz CT molecular complexity index is 341. The second-order valence-corrected chi connectivity index (χ2v) is 5.27. The van der Waals surface area contributed by atoms with Gasteiger partial charge in [0.1, 0.15) is 0 Å². The highest BCUT2D eigenvalue weighted by Crippen LogP contribution is 2.22. The van der Waals surface area contributed by atoms with Gasteiger partial charge in [-0.1, -0.05) is 31.2 Å². The van der Waals surface area contributed by atoms with Crippen LogP contribution in [0.2, 0.25) is 0 Å². The quantitative estimate of drug-likeness (QED) is 0.833. The fourth-order valence-corrected chi connectivity index (χ4v) is 2.60. The van der Waals surface area contributed by atoms with Crippen LogP contribution in [0.25, 0.3) is 0 Å². The minimum Gasteiger partial charge on any atom is -0.378 e. The van der Waals surface area contributed by atoms with E-state index in [2.05, 4.69) is 31.2 Å². The minimum atomic E-state index is 0.178. The molecule has 1 heterocycles. The zero-order chi connectivity index (χ0) is 12.8. The lowest BCUT2D eigenvalue weighted by atomic mass is 9.99. The van der Waals surface area contributed by atoms with Crippen LogP contribution in [-0.4, -0.2) is 12.7 Å². The molecule has 0 saturated carbocycles. The van der Waals surface area contributed by atoms with E-state index in [9.17, 15) is 0 Å². The summed E-state index contributed by atoms with van der Waals surface area (Å²) in [5.74, 6) is 0. The molecule has 1 aromatic carbocycles. The fraction of sp³-hybridized carbons (Fsp3) is 0.625. The third kappa shape index (κ3) is 3.82. The standard InChI is InChI=1S/C16H25NO/c1-2-13-8-10-14(11-9-13)16(17)7-3-5-15-6-4-12-18-15/h8-11,15-16H,2-7,12,17H2,1H3. The van der Waals surface area contributed by atoms with Crippen molar-refractivity contribution in [2.75, 3.05) is 6.61 Å². The maximum atomic E-state index is 6.23. The summed E-state index contributed by atoms with van der Waals surface area (Å²) in [6.45, 7) is 3.13. The van der Waals surface area contributed by atoms with Crippen molar-refractivity contribution >= 4 is 0 Å². The number of hydrogen-bond donors (Lipinski definition) is 1. The fourth-order valence-electron chi connectivity index (χ4n) is 2.60. The Labute approximate surface area is 111 Å². The van der Waals surface area contributed by atoms with Crippen molar-refractivity contribution in [3.8, 4) is 0 Å². The Morgan fingerprint density at radius 3 is 2.72 bits per heavy atom. The molecule has 1 saturated heterocycles. The predicted molar refractivity (Wildman–Crippen MR) is 75.6 cm³/mol. The number of hydrogen-bond acceptors (Lipinski definition) is 2. The van der Waals surface area contributed by atoms with Gasteiger partial charge in [0.2, 0.25) is 0 Å². The van der Waals surface area contributed by atoms with Gasteiger partial charge in [0.25, 0.3) is 0 Å². The summed E-state index contributed by atoms with van der Waals surface area (Å²) in [5.41, 5.74) is 8.87. The van der Waals surface area contributed by atoms with E-state index in [4.69, 9.17) is 10.5 Å². The highest BCUT2D eigenvalue weighted by atomic mass is 16.5. The molecular weight excluding hydrogens is 222 g/mol. The zero-order valence-electron chi connectivity index (χ0n) is 11.4. The smallest absolute Gasteiger partial charge is 0.0576 e. The molecule has 0 aliphatic carbocycles. The number of ether oxygens (including phenoxy) is 1. The average molecular weight is 247 g/mol. The van der Waals surface area contributed by atoms with Crippen LogP contribution >= 0.6 is 0 Å². The van der Waals surface area contributed by atoms with E-state index in [0.717, 1.165) is 19.4 Å². The van der Waals surface area contributed by atoms with Crippen LogP contribution < -0.4 is 5.73 Å². The Hall–Kier alpha value is -0.860. The largest absolute Gasteiger partial charge is 0.378 e. The molecule has 2 rings (SSSR count). The van der Waals surface area contributed by atoms with Gasteiger partial charge >= 0.3 is 0 Å². The second kappa shape index (κ2) is 6.91. The van der Waals surface area contributed by atoms with Gasteiger partial charge in [0.05, 0.1) is 6.10 Å². The molecule has 2 atom stereocenters. The van der Waals surface area contributed by atoms with Crippen molar-refractivity contribution in [3.63, 3.8) is 0 Å². The first-order valence-electron chi connectivity index (χ1n) is 7.25. The van der Waals surface area contributed by atoms with E-state index >= 15 is 0 Å². The molecule has 2 unspecified atom stereocenters. The van der Waals surface area contributed by atoms with E-state index in [1.54, 1.807) is 0 Å². The molecule has 1 aromatic rings. The van der Waals surface area contributed by atoms with Gasteiger partial charge in [-0.05, 0) is 49.7 Å². The average Bonchev–Trinajstić information content (AvgIpc) is 2.92. The number of aryl methyl sites for hydroxylation is 1. The molecule has 0 bridgehead atoms. The molecule has 0 radical (unpaired) electrons. The van der Waals surface area contributed by atoms with E-state index in [0.29, 0.717) is 6.10 Å². The SMILES string of the molecule is CCc1ccc(C(N)CCCC2CCCO2)cc1. The summed E-state index contributed by atoms with van der Waals surface area (Å²) in [4.78, 5) is 0. The molecule has 0 amide bonds. The summed E-state index contributed by atoms with van der Waals surface area (Å²) in [6, 6.07) is 8.91. The Balaban J connectivity index is 1.74. The van der Waals surface area contributed by atoms with Crippen LogP contribution in [0.3, 0.4) is 0 Å². The first-order valence-corrected chi connectivity index (χ1v) is 7.25. The lowest BCUT2D eigenvalue weighted by Gasteiger charge is -2.14. The van der Waals surface area contributed by atoms with Gasteiger partial charge in [-0.25, -0.2) is 0 Å². The highest BCUT2D eigenvalue weighted by molar-refractivity contribution is 5.24. The van der Waals surface area contributed by atoms with E-state index in [1.165, 1.54) is 36.8 Å².